The number of aryl methyl sites for hydroxylation is 1. The van der Waals surface area contributed by atoms with Crippen LogP contribution < -0.4 is 11.1 Å². The van der Waals surface area contributed by atoms with E-state index in [1.807, 2.05) is 0 Å². The van der Waals surface area contributed by atoms with Crippen molar-refractivity contribution in [2.24, 2.45) is 0 Å². The molecule has 2 heterocycles. The minimum absolute atomic E-state index is 0.148. The molecule has 0 bridgehead atoms. The first kappa shape index (κ1) is 22.2. The van der Waals surface area contributed by atoms with Crippen LogP contribution >= 0.6 is 0 Å². The van der Waals surface area contributed by atoms with Crippen LogP contribution in [0.5, 0.6) is 0 Å². The second kappa shape index (κ2) is 10.0. The van der Waals surface area contributed by atoms with Crippen molar-refractivity contribution >= 4 is 28.4 Å². The van der Waals surface area contributed by atoms with Gasteiger partial charge in [0.05, 0.1) is 34.9 Å². The number of nitrogens with one attached hydrogen (secondary N) is 1. The minimum Gasteiger partial charge on any atom is -0.407 e. The van der Waals surface area contributed by atoms with Crippen LogP contribution in [-0.4, -0.2) is 49.7 Å². The van der Waals surface area contributed by atoms with Crippen LogP contribution in [-0.2, 0) is 17.9 Å². The molecule has 0 aliphatic carbocycles. The first-order chi connectivity index (χ1) is 14.9. The standard InChI is InChI=1S/C20H26N6O5/c1-3-23(4-2)10-11-24-14-15(13-21-24)22-19(27)6-5-9-25-17-8-7-16(26(29)30)12-18(17)31-20(25)28/h7-8,12-14H,3-6,9-11H2,1-2H3,(H,22,27). The van der Waals surface area contributed by atoms with Gasteiger partial charge in [-0.1, -0.05) is 13.8 Å². The summed E-state index contributed by atoms with van der Waals surface area (Å²) in [4.78, 5) is 36.9. The molecule has 0 spiro atoms. The lowest BCUT2D eigenvalue weighted by atomic mass is 10.2. The van der Waals surface area contributed by atoms with Gasteiger partial charge in [0.15, 0.2) is 5.58 Å². The van der Waals surface area contributed by atoms with E-state index < -0.39 is 10.7 Å². The lowest BCUT2D eigenvalue weighted by molar-refractivity contribution is -0.384. The van der Waals surface area contributed by atoms with Gasteiger partial charge in [0.2, 0.25) is 5.91 Å². The molecular formula is C20H26N6O5. The number of benzene rings is 1. The summed E-state index contributed by atoms with van der Waals surface area (Å²) in [6.45, 7) is 8.08. The van der Waals surface area contributed by atoms with Crippen LogP contribution in [0.4, 0.5) is 11.4 Å². The molecule has 11 heteroatoms. The van der Waals surface area contributed by atoms with E-state index in [0.29, 0.717) is 17.6 Å². The number of nitro benzene ring substituents is 1. The summed E-state index contributed by atoms with van der Waals surface area (Å²) in [6, 6.07) is 4.02. The van der Waals surface area contributed by atoms with Crippen LogP contribution in [0.15, 0.2) is 39.8 Å². The van der Waals surface area contributed by atoms with Crippen molar-refractivity contribution in [2.75, 3.05) is 25.0 Å². The van der Waals surface area contributed by atoms with E-state index in [4.69, 9.17) is 4.42 Å². The fourth-order valence-electron chi connectivity index (χ4n) is 3.34. The number of aromatic nitrogens is 3. The van der Waals surface area contributed by atoms with Gasteiger partial charge < -0.3 is 14.6 Å². The predicted octanol–water partition coefficient (Wildman–Crippen LogP) is 2.46. The fourth-order valence-corrected chi connectivity index (χ4v) is 3.34. The van der Waals surface area contributed by atoms with E-state index in [9.17, 15) is 19.7 Å². The third-order valence-corrected chi connectivity index (χ3v) is 5.10. The SMILES string of the molecule is CCN(CC)CCn1cc(NC(=O)CCCn2c(=O)oc3cc([N+](=O)[O-])ccc32)cn1. The highest BCUT2D eigenvalue weighted by Gasteiger charge is 2.14. The normalized spacial score (nSPS) is 11.3. The molecule has 2 aromatic heterocycles. The van der Waals surface area contributed by atoms with Crippen molar-refractivity contribution in [3.63, 3.8) is 0 Å². The third-order valence-electron chi connectivity index (χ3n) is 5.10. The molecule has 0 saturated heterocycles. The van der Waals surface area contributed by atoms with Gasteiger partial charge in [-0.15, -0.1) is 0 Å². The van der Waals surface area contributed by atoms with Crippen LogP contribution in [0.25, 0.3) is 11.1 Å². The molecule has 0 atom stereocenters. The van der Waals surface area contributed by atoms with Gasteiger partial charge in [0.1, 0.15) is 0 Å². The Kier molecular flexibility index (Phi) is 7.19. The summed E-state index contributed by atoms with van der Waals surface area (Å²) < 4.78 is 8.26. The number of nitrogens with zero attached hydrogens (tertiary/aromatic N) is 5. The molecule has 1 N–H and O–H groups in total. The van der Waals surface area contributed by atoms with Crippen LogP contribution in [0.2, 0.25) is 0 Å². The molecule has 1 amide bonds. The van der Waals surface area contributed by atoms with Crippen molar-refractivity contribution in [2.45, 2.75) is 39.8 Å². The fraction of sp³-hybridized carbons (Fsp3) is 0.450. The van der Waals surface area contributed by atoms with Crippen LogP contribution in [0.1, 0.15) is 26.7 Å². The third kappa shape index (κ3) is 5.57. The number of nitro groups is 1. The minimum atomic E-state index is -0.606. The van der Waals surface area contributed by atoms with E-state index in [1.165, 1.54) is 22.8 Å². The molecule has 0 unspecified atom stereocenters. The summed E-state index contributed by atoms with van der Waals surface area (Å²) in [6.07, 6.45) is 4.02. The highest BCUT2D eigenvalue weighted by Crippen LogP contribution is 2.20. The highest BCUT2D eigenvalue weighted by atomic mass is 16.6. The number of oxazole rings is 1. The zero-order chi connectivity index (χ0) is 22.4. The van der Waals surface area contributed by atoms with Crippen molar-refractivity contribution in [3.05, 3.63) is 51.3 Å². The number of carbonyl (C=O) groups is 1. The molecule has 1 aromatic carbocycles. The summed E-state index contributed by atoms with van der Waals surface area (Å²) in [5.74, 6) is -0.787. The van der Waals surface area contributed by atoms with Gasteiger partial charge >= 0.3 is 5.76 Å². The average molecular weight is 430 g/mol. The Morgan fingerprint density at radius 2 is 2.06 bits per heavy atom. The summed E-state index contributed by atoms with van der Waals surface area (Å²) in [7, 11) is 0. The topological polar surface area (TPSA) is 128 Å². The summed E-state index contributed by atoms with van der Waals surface area (Å²) >= 11 is 0. The molecule has 11 nitrogen and oxygen atoms in total. The second-order valence-corrected chi connectivity index (χ2v) is 7.10. The monoisotopic (exact) mass is 430 g/mol. The number of anilines is 1. The Morgan fingerprint density at radius 3 is 2.77 bits per heavy atom. The Labute approximate surface area is 178 Å². The molecule has 0 radical (unpaired) electrons. The lowest BCUT2D eigenvalue weighted by Crippen LogP contribution is -2.27. The number of amides is 1. The number of carbonyl (C=O) groups excluding carboxylic acids is 1. The molecule has 0 fully saturated rings. The maximum Gasteiger partial charge on any atom is 0.419 e. The van der Waals surface area contributed by atoms with Gasteiger partial charge in [-0.25, -0.2) is 4.79 Å². The largest absolute Gasteiger partial charge is 0.419 e. The first-order valence-corrected chi connectivity index (χ1v) is 10.2. The van der Waals surface area contributed by atoms with E-state index >= 15 is 0 Å². The lowest BCUT2D eigenvalue weighted by Gasteiger charge is -2.17. The van der Waals surface area contributed by atoms with Gasteiger partial charge in [-0.3, -0.25) is 24.2 Å². The Morgan fingerprint density at radius 1 is 1.29 bits per heavy atom. The van der Waals surface area contributed by atoms with Crippen molar-refractivity contribution in [1.82, 2.24) is 19.2 Å². The molecule has 3 rings (SSSR count). The summed E-state index contributed by atoms with van der Waals surface area (Å²) in [5.41, 5.74) is 1.10. The average Bonchev–Trinajstić information content (AvgIpc) is 3.31. The highest BCUT2D eigenvalue weighted by molar-refractivity contribution is 5.90. The van der Waals surface area contributed by atoms with E-state index in [2.05, 4.69) is 29.2 Å². The number of fused-ring (bicyclic) bond motifs is 1. The van der Waals surface area contributed by atoms with Gasteiger partial charge in [-0.05, 0) is 25.6 Å². The molecule has 31 heavy (non-hydrogen) atoms. The van der Waals surface area contributed by atoms with Gasteiger partial charge in [0.25, 0.3) is 5.69 Å². The van der Waals surface area contributed by atoms with Crippen molar-refractivity contribution in [3.8, 4) is 0 Å². The molecule has 0 saturated carbocycles. The van der Waals surface area contributed by atoms with Crippen molar-refractivity contribution in [1.29, 1.82) is 0 Å². The zero-order valence-electron chi connectivity index (χ0n) is 17.6. The van der Waals surface area contributed by atoms with Crippen LogP contribution in [0, 0.1) is 10.1 Å². The Bertz CT molecular complexity index is 1110. The van der Waals surface area contributed by atoms with Crippen molar-refractivity contribution < 1.29 is 14.1 Å². The maximum absolute atomic E-state index is 12.2. The number of hydrogen-bond donors (Lipinski definition) is 1. The molecular weight excluding hydrogens is 404 g/mol. The van der Waals surface area contributed by atoms with Gasteiger partial charge in [-0.2, -0.15) is 5.10 Å². The van der Waals surface area contributed by atoms with E-state index in [1.54, 1.807) is 17.1 Å². The molecule has 0 aliphatic rings. The van der Waals surface area contributed by atoms with E-state index in [0.717, 1.165) is 26.2 Å². The number of hydrogen-bond acceptors (Lipinski definition) is 7. The molecule has 166 valence electrons. The number of non-ortho nitro benzene ring substituents is 1. The zero-order valence-corrected chi connectivity index (χ0v) is 17.6. The predicted molar refractivity (Wildman–Crippen MR) is 115 cm³/mol. The molecule has 3 aromatic rings. The summed E-state index contributed by atoms with van der Waals surface area (Å²) in [5, 5.41) is 17.9. The van der Waals surface area contributed by atoms with E-state index in [-0.39, 0.29) is 30.1 Å². The Balaban J connectivity index is 1.51. The van der Waals surface area contributed by atoms with Crippen LogP contribution in [0.3, 0.4) is 0 Å². The maximum atomic E-state index is 12.2. The quantitative estimate of drug-likeness (QED) is 0.365. The first-order valence-electron chi connectivity index (χ1n) is 10.2. The van der Waals surface area contributed by atoms with Gasteiger partial charge in [0, 0.05) is 31.8 Å². The smallest absolute Gasteiger partial charge is 0.407 e. The Hall–Kier alpha value is -3.47. The number of rotatable bonds is 11. The second-order valence-electron chi connectivity index (χ2n) is 7.10. The number of likely N-dealkylation sites (N-methyl/N-ethyl adjacent to an activating group) is 1. The molecule has 0 aliphatic heterocycles.